The fourth-order valence-electron chi connectivity index (χ4n) is 2.88. The minimum Gasteiger partial charge on any atom is -0.480 e. The third-order valence-corrected chi connectivity index (χ3v) is 4.52. The third-order valence-electron chi connectivity index (χ3n) is 4.52. The summed E-state index contributed by atoms with van der Waals surface area (Å²) in [6.45, 7) is 5.39. The maximum absolute atomic E-state index is 13.0. The van der Waals surface area contributed by atoms with Gasteiger partial charge in [-0.15, -0.1) is 0 Å². The molecule has 1 atom stereocenters. The summed E-state index contributed by atoms with van der Waals surface area (Å²) in [5.41, 5.74) is 1.74. The van der Waals surface area contributed by atoms with E-state index < -0.39 is 18.2 Å². The molecule has 1 unspecified atom stereocenters. The molecule has 0 spiro atoms. The molecule has 0 radical (unpaired) electrons. The number of amides is 1. The second kappa shape index (κ2) is 7.19. The zero-order valence-electron chi connectivity index (χ0n) is 15.6. The van der Waals surface area contributed by atoms with Crippen LogP contribution in [0.2, 0.25) is 0 Å². The summed E-state index contributed by atoms with van der Waals surface area (Å²) in [6.07, 6.45) is -4.79. The molecule has 0 bridgehead atoms. The average molecular weight is 392 g/mol. The zero-order chi connectivity index (χ0) is 20.6. The van der Waals surface area contributed by atoms with Crippen molar-refractivity contribution in [3.63, 3.8) is 0 Å². The summed E-state index contributed by atoms with van der Waals surface area (Å²) >= 11 is 0. The van der Waals surface area contributed by atoms with Gasteiger partial charge in [0.1, 0.15) is 5.75 Å². The molecule has 0 saturated heterocycles. The highest BCUT2D eigenvalue weighted by Crippen LogP contribution is 2.31. The van der Waals surface area contributed by atoms with Gasteiger partial charge in [-0.3, -0.25) is 9.48 Å². The number of hydrogen-bond acceptors (Lipinski definition) is 4. The van der Waals surface area contributed by atoms with E-state index in [2.05, 4.69) is 5.10 Å². The molecule has 0 saturated carbocycles. The number of rotatable bonds is 4. The van der Waals surface area contributed by atoms with Gasteiger partial charge in [0.15, 0.2) is 6.10 Å². The van der Waals surface area contributed by atoms with E-state index in [0.29, 0.717) is 6.54 Å². The first-order chi connectivity index (χ1) is 13.1. The van der Waals surface area contributed by atoms with Gasteiger partial charge in [-0.1, -0.05) is 0 Å². The number of nitriles is 1. The SMILES string of the molecule is CC(C)n1cc2c(n1)CN(C(=O)c1cc(C#N)ccc1OC(C)C(F)(F)F)C2. The molecule has 0 N–H and O–H groups in total. The topological polar surface area (TPSA) is 71.2 Å². The fourth-order valence-corrected chi connectivity index (χ4v) is 2.88. The molecule has 1 amide bonds. The number of halogens is 3. The first kappa shape index (κ1) is 19.7. The zero-order valence-corrected chi connectivity index (χ0v) is 15.6. The minimum absolute atomic E-state index is 0.0722. The smallest absolute Gasteiger partial charge is 0.425 e. The van der Waals surface area contributed by atoms with Gasteiger partial charge in [-0.2, -0.15) is 23.5 Å². The standard InChI is InChI=1S/C19H19F3N4O2/c1-11(2)26-9-14-8-25(10-16(14)24-26)18(27)15-6-13(7-23)4-5-17(15)28-12(3)19(20,21)22/h4-6,9,11-12H,8,10H2,1-3H3. The molecule has 3 rings (SSSR count). The van der Waals surface area contributed by atoms with Crippen LogP contribution in [0.15, 0.2) is 24.4 Å². The number of hydrogen-bond donors (Lipinski definition) is 0. The van der Waals surface area contributed by atoms with Gasteiger partial charge < -0.3 is 9.64 Å². The first-order valence-corrected chi connectivity index (χ1v) is 8.74. The lowest BCUT2D eigenvalue weighted by Crippen LogP contribution is -2.32. The summed E-state index contributed by atoms with van der Waals surface area (Å²) in [6, 6.07) is 5.88. The lowest BCUT2D eigenvalue weighted by atomic mass is 10.1. The van der Waals surface area contributed by atoms with E-state index in [0.717, 1.165) is 18.2 Å². The Hall–Kier alpha value is -3.02. The summed E-state index contributed by atoms with van der Waals surface area (Å²) in [7, 11) is 0. The van der Waals surface area contributed by atoms with Crippen molar-refractivity contribution in [3.05, 3.63) is 46.8 Å². The summed E-state index contributed by atoms with van der Waals surface area (Å²) in [5, 5.41) is 13.5. The molecule has 2 aromatic rings. The molecule has 28 heavy (non-hydrogen) atoms. The molecule has 0 fully saturated rings. The summed E-state index contributed by atoms with van der Waals surface area (Å²) in [4.78, 5) is 14.4. The highest BCUT2D eigenvalue weighted by atomic mass is 19.4. The monoisotopic (exact) mass is 392 g/mol. The molecule has 2 heterocycles. The Kier molecular flexibility index (Phi) is 5.06. The van der Waals surface area contributed by atoms with Gasteiger partial charge in [0.2, 0.25) is 0 Å². The Balaban J connectivity index is 1.86. The van der Waals surface area contributed by atoms with Gasteiger partial charge in [-0.05, 0) is 39.0 Å². The number of carbonyl (C=O) groups excluding carboxylic acids is 1. The molecule has 9 heteroatoms. The number of alkyl halides is 3. The Morgan fingerprint density at radius 3 is 2.57 bits per heavy atom. The van der Waals surface area contributed by atoms with Crippen LogP contribution in [0.4, 0.5) is 13.2 Å². The molecule has 0 aliphatic carbocycles. The second-order valence-corrected chi connectivity index (χ2v) is 6.96. The fraction of sp³-hybridized carbons (Fsp3) is 0.421. The second-order valence-electron chi connectivity index (χ2n) is 6.96. The predicted octanol–water partition coefficient (Wildman–Crippen LogP) is 3.82. The molecule has 148 valence electrons. The Morgan fingerprint density at radius 2 is 2.00 bits per heavy atom. The van der Waals surface area contributed by atoms with Crippen molar-refractivity contribution >= 4 is 5.91 Å². The minimum atomic E-state index is -4.57. The van der Waals surface area contributed by atoms with Crippen molar-refractivity contribution in [2.45, 2.75) is 52.2 Å². The van der Waals surface area contributed by atoms with Crippen LogP contribution in [0, 0.1) is 11.3 Å². The van der Waals surface area contributed by atoms with E-state index >= 15 is 0 Å². The molecule has 6 nitrogen and oxygen atoms in total. The van der Waals surface area contributed by atoms with Crippen molar-refractivity contribution < 1.29 is 22.7 Å². The van der Waals surface area contributed by atoms with Gasteiger partial charge in [0, 0.05) is 24.3 Å². The van der Waals surface area contributed by atoms with Gasteiger partial charge in [0.25, 0.3) is 5.91 Å². The quantitative estimate of drug-likeness (QED) is 0.793. The van der Waals surface area contributed by atoms with Crippen LogP contribution < -0.4 is 4.74 Å². The summed E-state index contributed by atoms with van der Waals surface area (Å²) in [5.74, 6) is -0.707. The number of fused-ring (bicyclic) bond motifs is 1. The Bertz CT molecular complexity index is 920. The van der Waals surface area contributed by atoms with Crippen molar-refractivity contribution in [3.8, 4) is 11.8 Å². The molecular formula is C19H19F3N4O2. The molecule has 1 aromatic carbocycles. The van der Waals surface area contributed by atoms with E-state index in [1.54, 1.807) is 0 Å². The van der Waals surface area contributed by atoms with E-state index in [1.807, 2.05) is 30.8 Å². The lowest BCUT2D eigenvalue weighted by molar-refractivity contribution is -0.189. The van der Waals surface area contributed by atoms with Crippen molar-refractivity contribution in [1.82, 2.24) is 14.7 Å². The summed E-state index contributed by atoms with van der Waals surface area (Å²) < 4.78 is 45.4. The van der Waals surface area contributed by atoms with E-state index in [-0.39, 0.29) is 29.5 Å². The Morgan fingerprint density at radius 1 is 1.29 bits per heavy atom. The third kappa shape index (κ3) is 3.81. The van der Waals surface area contributed by atoms with Crippen LogP contribution in [-0.2, 0) is 13.1 Å². The van der Waals surface area contributed by atoms with Crippen molar-refractivity contribution in [2.24, 2.45) is 0 Å². The van der Waals surface area contributed by atoms with Gasteiger partial charge in [-0.25, -0.2) is 0 Å². The van der Waals surface area contributed by atoms with E-state index in [9.17, 15) is 18.0 Å². The first-order valence-electron chi connectivity index (χ1n) is 8.74. The molecule has 1 aliphatic heterocycles. The van der Waals surface area contributed by atoms with Gasteiger partial charge >= 0.3 is 6.18 Å². The van der Waals surface area contributed by atoms with Gasteiger partial charge in [0.05, 0.1) is 29.4 Å². The van der Waals surface area contributed by atoms with Crippen LogP contribution >= 0.6 is 0 Å². The van der Waals surface area contributed by atoms with Crippen LogP contribution in [0.25, 0.3) is 0 Å². The largest absolute Gasteiger partial charge is 0.480 e. The maximum Gasteiger partial charge on any atom is 0.425 e. The predicted molar refractivity (Wildman–Crippen MR) is 93.5 cm³/mol. The number of carbonyl (C=O) groups is 1. The number of benzene rings is 1. The van der Waals surface area contributed by atoms with Crippen LogP contribution in [-0.4, -0.2) is 32.9 Å². The lowest BCUT2D eigenvalue weighted by Gasteiger charge is -2.22. The van der Waals surface area contributed by atoms with Crippen molar-refractivity contribution in [1.29, 1.82) is 5.26 Å². The maximum atomic E-state index is 13.0. The highest BCUT2D eigenvalue weighted by molar-refractivity contribution is 5.97. The number of ether oxygens (including phenoxy) is 1. The molecule has 1 aliphatic rings. The molecular weight excluding hydrogens is 373 g/mol. The van der Waals surface area contributed by atoms with Crippen LogP contribution in [0.5, 0.6) is 5.75 Å². The van der Waals surface area contributed by atoms with E-state index in [4.69, 9.17) is 10.00 Å². The van der Waals surface area contributed by atoms with Crippen LogP contribution in [0.3, 0.4) is 0 Å². The van der Waals surface area contributed by atoms with E-state index in [1.165, 1.54) is 23.1 Å². The number of nitrogens with zero attached hydrogens (tertiary/aromatic N) is 4. The van der Waals surface area contributed by atoms with Crippen molar-refractivity contribution in [2.75, 3.05) is 0 Å². The molecule has 1 aromatic heterocycles. The normalized spacial score (nSPS) is 14.7. The average Bonchev–Trinajstić information content (AvgIpc) is 3.19. The number of aromatic nitrogens is 2. The highest BCUT2D eigenvalue weighted by Gasteiger charge is 2.39. The van der Waals surface area contributed by atoms with Crippen LogP contribution in [0.1, 0.15) is 54.0 Å². The Labute approximate surface area is 160 Å².